The Morgan fingerprint density at radius 2 is 1.25 bits per heavy atom. The number of thiol groups is 1. The summed E-state index contributed by atoms with van der Waals surface area (Å²) < 4.78 is 13.7. The van der Waals surface area contributed by atoms with Crippen molar-refractivity contribution in [1.29, 1.82) is 0 Å². The summed E-state index contributed by atoms with van der Waals surface area (Å²) in [6.07, 6.45) is 0. The predicted octanol–water partition coefficient (Wildman–Crippen LogP) is -1.55. The molecule has 0 radical (unpaired) electrons. The SMILES string of the molecule is COC(=O)c1cc(C(=O)OC)c(S)c(C(=O)OC)c1.[H-].[Na+]. The van der Waals surface area contributed by atoms with E-state index in [-0.39, 0.29) is 52.6 Å². The van der Waals surface area contributed by atoms with Gasteiger partial charge in [-0.1, -0.05) is 0 Å². The molecule has 1 aromatic rings. The van der Waals surface area contributed by atoms with Crippen LogP contribution in [0.4, 0.5) is 0 Å². The number of methoxy groups -OCH3 is 3. The van der Waals surface area contributed by atoms with E-state index in [2.05, 4.69) is 26.8 Å². The Kier molecular flexibility index (Phi) is 7.88. The van der Waals surface area contributed by atoms with Gasteiger partial charge < -0.3 is 15.6 Å². The number of hydrogen-bond donors (Lipinski definition) is 1. The molecule has 0 saturated heterocycles. The first-order valence-corrected chi connectivity index (χ1v) is 5.53. The van der Waals surface area contributed by atoms with Gasteiger partial charge in [-0.25, -0.2) is 14.4 Å². The van der Waals surface area contributed by atoms with Gasteiger partial charge in [0.15, 0.2) is 0 Å². The normalized spacial score (nSPS) is 9.20. The molecule has 0 heterocycles. The van der Waals surface area contributed by atoms with E-state index in [1.54, 1.807) is 0 Å². The summed E-state index contributed by atoms with van der Waals surface area (Å²) >= 11 is 4.09. The minimum Gasteiger partial charge on any atom is -1.00 e. The van der Waals surface area contributed by atoms with E-state index in [1.165, 1.54) is 33.5 Å². The molecule has 104 valence electrons. The third-order valence-corrected chi connectivity index (χ3v) is 2.82. The van der Waals surface area contributed by atoms with Crippen LogP contribution in [0.5, 0.6) is 0 Å². The molecular formula is C12H13NaO6S. The van der Waals surface area contributed by atoms with Crippen LogP contribution in [0.15, 0.2) is 17.0 Å². The molecule has 1 rings (SSSR count). The molecule has 0 N–H and O–H groups in total. The molecule has 0 aliphatic carbocycles. The number of hydrogen-bond acceptors (Lipinski definition) is 7. The summed E-state index contributed by atoms with van der Waals surface area (Å²) in [6, 6.07) is 2.49. The number of esters is 3. The zero-order chi connectivity index (χ0) is 14.6. The van der Waals surface area contributed by atoms with Crippen molar-refractivity contribution in [2.45, 2.75) is 4.90 Å². The minimum atomic E-state index is -0.721. The minimum absolute atomic E-state index is 0. The van der Waals surface area contributed by atoms with Gasteiger partial charge in [0.05, 0.1) is 38.0 Å². The van der Waals surface area contributed by atoms with Crippen LogP contribution in [-0.2, 0) is 14.2 Å². The van der Waals surface area contributed by atoms with E-state index in [0.717, 1.165) is 0 Å². The van der Waals surface area contributed by atoms with Gasteiger partial charge in [-0.2, -0.15) is 0 Å². The summed E-state index contributed by atoms with van der Waals surface area (Å²) in [5.74, 6) is -2.13. The van der Waals surface area contributed by atoms with E-state index < -0.39 is 17.9 Å². The quantitative estimate of drug-likeness (QED) is 0.315. The van der Waals surface area contributed by atoms with Crippen molar-refractivity contribution < 1.29 is 59.6 Å². The molecule has 0 bridgehead atoms. The summed E-state index contributed by atoms with van der Waals surface area (Å²) in [5, 5.41) is 0. The van der Waals surface area contributed by atoms with Gasteiger partial charge in [0.1, 0.15) is 0 Å². The largest absolute Gasteiger partial charge is 1.00 e. The standard InChI is InChI=1S/C12H12O6S.Na.H/c1-16-10(13)6-4-7(11(14)17-2)9(19)8(5-6)12(15)18-3;;/h4-5,19H,1-3H3;;/q;+1;-1. The zero-order valence-corrected chi connectivity index (χ0v) is 14.4. The average molecular weight is 308 g/mol. The summed E-state index contributed by atoms with van der Waals surface area (Å²) in [5.41, 5.74) is -0.00985. The van der Waals surface area contributed by atoms with Gasteiger partial charge in [0.25, 0.3) is 0 Å². The van der Waals surface area contributed by atoms with E-state index in [9.17, 15) is 14.4 Å². The number of benzene rings is 1. The van der Waals surface area contributed by atoms with E-state index in [0.29, 0.717) is 0 Å². The third kappa shape index (κ3) is 3.99. The Morgan fingerprint density at radius 1 is 0.900 bits per heavy atom. The van der Waals surface area contributed by atoms with Crippen molar-refractivity contribution in [3.8, 4) is 0 Å². The molecule has 0 spiro atoms. The van der Waals surface area contributed by atoms with E-state index >= 15 is 0 Å². The maximum atomic E-state index is 11.6. The molecule has 0 saturated carbocycles. The molecular weight excluding hydrogens is 295 g/mol. The fraction of sp³-hybridized carbons (Fsp3) is 0.250. The van der Waals surface area contributed by atoms with Crippen LogP contribution in [0.1, 0.15) is 32.5 Å². The van der Waals surface area contributed by atoms with Crippen molar-refractivity contribution in [2.75, 3.05) is 21.3 Å². The monoisotopic (exact) mass is 308 g/mol. The molecule has 8 heteroatoms. The molecule has 0 amide bonds. The van der Waals surface area contributed by atoms with E-state index in [4.69, 9.17) is 0 Å². The Bertz CT molecular complexity index is 512. The van der Waals surface area contributed by atoms with Crippen LogP contribution in [0, 0.1) is 0 Å². The van der Waals surface area contributed by atoms with Crippen molar-refractivity contribution in [3.63, 3.8) is 0 Å². The molecule has 0 unspecified atom stereocenters. The maximum absolute atomic E-state index is 11.6. The van der Waals surface area contributed by atoms with Crippen LogP contribution in [-0.4, -0.2) is 39.2 Å². The second kappa shape index (κ2) is 8.31. The van der Waals surface area contributed by atoms with Crippen molar-refractivity contribution >= 4 is 30.5 Å². The fourth-order valence-corrected chi connectivity index (χ4v) is 1.71. The molecule has 0 atom stereocenters. The topological polar surface area (TPSA) is 78.9 Å². The third-order valence-electron chi connectivity index (χ3n) is 2.34. The summed E-state index contributed by atoms with van der Waals surface area (Å²) in [4.78, 5) is 34.7. The first-order valence-electron chi connectivity index (χ1n) is 5.08. The first kappa shape index (κ1) is 19.0. The molecule has 1 aromatic carbocycles. The molecule has 0 fully saturated rings. The Morgan fingerprint density at radius 3 is 1.55 bits per heavy atom. The van der Waals surface area contributed by atoms with Crippen molar-refractivity contribution in [1.82, 2.24) is 0 Å². The summed E-state index contributed by atoms with van der Waals surface area (Å²) in [6.45, 7) is 0. The molecule has 0 aliphatic heterocycles. The van der Waals surface area contributed by atoms with Crippen LogP contribution < -0.4 is 29.6 Å². The second-order valence-electron chi connectivity index (χ2n) is 3.39. The van der Waals surface area contributed by atoms with Crippen LogP contribution in [0.3, 0.4) is 0 Å². The Labute approximate surface area is 144 Å². The van der Waals surface area contributed by atoms with Gasteiger partial charge in [0.2, 0.25) is 0 Å². The number of carbonyl (C=O) groups excluding carboxylic acids is 3. The Hall–Kier alpha value is -1.02. The van der Waals surface area contributed by atoms with Crippen molar-refractivity contribution in [2.24, 2.45) is 0 Å². The van der Waals surface area contributed by atoms with Crippen LogP contribution >= 0.6 is 12.6 Å². The first-order chi connectivity index (χ1) is 8.96. The number of carbonyl (C=O) groups is 3. The van der Waals surface area contributed by atoms with Gasteiger partial charge >= 0.3 is 47.5 Å². The second-order valence-corrected chi connectivity index (χ2v) is 3.84. The van der Waals surface area contributed by atoms with Crippen LogP contribution in [0.2, 0.25) is 0 Å². The molecule has 6 nitrogen and oxygen atoms in total. The number of ether oxygens (including phenoxy) is 3. The predicted molar refractivity (Wildman–Crippen MR) is 68.8 cm³/mol. The Balaban J connectivity index is 0. The van der Waals surface area contributed by atoms with Gasteiger partial charge in [-0.05, 0) is 12.1 Å². The average Bonchev–Trinajstić information content (AvgIpc) is 2.44. The van der Waals surface area contributed by atoms with Gasteiger partial charge in [-0.15, -0.1) is 12.6 Å². The van der Waals surface area contributed by atoms with Crippen LogP contribution in [0.25, 0.3) is 0 Å². The van der Waals surface area contributed by atoms with Gasteiger partial charge in [0, 0.05) is 4.90 Å². The van der Waals surface area contributed by atoms with Gasteiger partial charge in [-0.3, -0.25) is 0 Å². The maximum Gasteiger partial charge on any atom is 1.00 e. The van der Waals surface area contributed by atoms with E-state index in [1.807, 2.05) is 0 Å². The smallest absolute Gasteiger partial charge is 1.00 e. The number of rotatable bonds is 3. The molecule has 0 aromatic heterocycles. The fourth-order valence-electron chi connectivity index (χ4n) is 1.40. The van der Waals surface area contributed by atoms with Crippen molar-refractivity contribution in [3.05, 3.63) is 28.8 Å². The summed E-state index contributed by atoms with van der Waals surface area (Å²) in [7, 11) is 3.54. The molecule has 20 heavy (non-hydrogen) atoms. The zero-order valence-electron chi connectivity index (χ0n) is 12.6. The molecule has 0 aliphatic rings.